The Bertz CT molecular complexity index is 236. The van der Waals surface area contributed by atoms with Crippen LogP contribution < -0.4 is 0 Å². The third kappa shape index (κ3) is 3.05. The van der Waals surface area contributed by atoms with E-state index in [1.165, 1.54) is 32.1 Å². The Hall–Kier alpha value is -0.410. The van der Waals surface area contributed by atoms with Crippen LogP contribution in [-0.4, -0.2) is 43.5 Å². The Morgan fingerprint density at radius 1 is 1.31 bits per heavy atom. The van der Waals surface area contributed by atoms with E-state index in [1.54, 1.807) is 0 Å². The molecule has 0 spiro atoms. The molecule has 92 valence electrons. The molecule has 3 heteroatoms. The normalized spacial score (nSPS) is 28.6. The molecule has 1 aliphatic carbocycles. The summed E-state index contributed by atoms with van der Waals surface area (Å²) in [4.78, 5) is 14.1. The smallest absolute Gasteiger partial charge is 0.141 e. The van der Waals surface area contributed by atoms with Gasteiger partial charge in [0.2, 0.25) is 0 Å². The number of carbonyl (C=O) groups excluding carboxylic acids is 1. The number of hydrogen-bond donors (Lipinski definition) is 0. The summed E-state index contributed by atoms with van der Waals surface area (Å²) in [5.41, 5.74) is 0. The van der Waals surface area contributed by atoms with Crippen LogP contribution >= 0.6 is 0 Å². The second kappa shape index (κ2) is 5.78. The molecule has 3 nitrogen and oxygen atoms in total. The molecule has 2 aliphatic rings. The molecule has 1 atom stereocenters. The van der Waals surface area contributed by atoms with Crippen LogP contribution in [0.2, 0.25) is 0 Å². The number of carbonyl (C=O) groups is 1. The van der Waals surface area contributed by atoms with Crippen molar-refractivity contribution in [2.24, 2.45) is 5.92 Å². The molecule has 1 aliphatic heterocycles. The van der Waals surface area contributed by atoms with Crippen LogP contribution in [-0.2, 0) is 9.53 Å². The number of hydrogen-bond acceptors (Lipinski definition) is 3. The van der Waals surface area contributed by atoms with E-state index < -0.39 is 0 Å². The lowest BCUT2D eigenvalue weighted by Crippen LogP contribution is -2.42. The fourth-order valence-electron chi connectivity index (χ4n) is 2.87. The van der Waals surface area contributed by atoms with Gasteiger partial charge in [-0.2, -0.15) is 0 Å². The maximum absolute atomic E-state index is 11.7. The average molecular weight is 225 g/mol. The number of ketones is 1. The van der Waals surface area contributed by atoms with E-state index in [9.17, 15) is 4.79 Å². The number of nitrogens with zero attached hydrogens (tertiary/aromatic N) is 1. The van der Waals surface area contributed by atoms with Crippen molar-refractivity contribution in [3.8, 4) is 0 Å². The first-order chi connectivity index (χ1) is 7.77. The van der Waals surface area contributed by atoms with Crippen molar-refractivity contribution in [3.63, 3.8) is 0 Å². The van der Waals surface area contributed by atoms with Crippen molar-refractivity contribution in [2.75, 3.05) is 26.8 Å². The summed E-state index contributed by atoms with van der Waals surface area (Å²) in [6, 6.07) is 0.698. The fourth-order valence-corrected chi connectivity index (χ4v) is 2.87. The molecule has 2 rings (SSSR count). The number of rotatable bonds is 3. The molecule has 0 radical (unpaired) electrons. The summed E-state index contributed by atoms with van der Waals surface area (Å²) >= 11 is 0. The molecule has 16 heavy (non-hydrogen) atoms. The molecule has 1 unspecified atom stereocenters. The highest BCUT2D eigenvalue weighted by Crippen LogP contribution is 2.23. The predicted molar refractivity (Wildman–Crippen MR) is 63.4 cm³/mol. The Kier molecular flexibility index (Phi) is 4.36. The zero-order chi connectivity index (χ0) is 11.4. The van der Waals surface area contributed by atoms with Crippen molar-refractivity contribution in [2.45, 2.75) is 44.6 Å². The first-order valence-electron chi connectivity index (χ1n) is 6.58. The van der Waals surface area contributed by atoms with Gasteiger partial charge in [-0.25, -0.2) is 0 Å². The van der Waals surface area contributed by atoms with Crippen LogP contribution in [0.15, 0.2) is 0 Å². The quantitative estimate of drug-likeness (QED) is 0.734. The Morgan fingerprint density at radius 2 is 2.06 bits per heavy atom. The van der Waals surface area contributed by atoms with Crippen LogP contribution in [0.25, 0.3) is 0 Å². The van der Waals surface area contributed by atoms with Gasteiger partial charge >= 0.3 is 0 Å². The second-order valence-electron chi connectivity index (χ2n) is 5.22. The lowest BCUT2D eigenvalue weighted by Gasteiger charge is -2.34. The molecule has 0 aromatic carbocycles. The monoisotopic (exact) mass is 225 g/mol. The minimum Gasteiger partial charge on any atom is -0.380 e. The third-order valence-corrected chi connectivity index (χ3v) is 3.97. The minimum atomic E-state index is 0.126. The van der Waals surface area contributed by atoms with Crippen LogP contribution in [0.3, 0.4) is 0 Å². The number of ether oxygens (including phenoxy) is 1. The summed E-state index contributed by atoms with van der Waals surface area (Å²) in [6.07, 6.45) is 7.31. The first-order valence-corrected chi connectivity index (χ1v) is 6.58. The highest BCUT2D eigenvalue weighted by Gasteiger charge is 2.27. The topological polar surface area (TPSA) is 29.5 Å². The predicted octanol–water partition coefficient (Wildman–Crippen LogP) is 1.86. The van der Waals surface area contributed by atoms with Crippen molar-refractivity contribution >= 4 is 5.78 Å². The molecular weight excluding hydrogens is 202 g/mol. The second-order valence-corrected chi connectivity index (χ2v) is 5.22. The Labute approximate surface area is 98.1 Å². The van der Waals surface area contributed by atoms with E-state index in [2.05, 4.69) is 11.9 Å². The summed E-state index contributed by atoms with van der Waals surface area (Å²) in [5, 5.41) is 0. The molecule has 0 aromatic heterocycles. The van der Waals surface area contributed by atoms with Crippen molar-refractivity contribution in [3.05, 3.63) is 0 Å². The number of Topliss-reactive ketones (excluding diaryl/α,β-unsaturated/α-hetero) is 1. The highest BCUT2D eigenvalue weighted by molar-refractivity contribution is 5.82. The largest absolute Gasteiger partial charge is 0.380 e. The maximum Gasteiger partial charge on any atom is 0.141 e. The fraction of sp³-hybridized carbons (Fsp3) is 0.923. The third-order valence-electron chi connectivity index (χ3n) is 3.97. The minimum absolute atomic E-state index is 0.126. The standard InChI is InChI=1S/C13H23NO2/c1-14(12-5-3-2-4-6-12)9-11-10-16-8-7-13(11)15/h11-12H,2-10H2,1H3. The van der Waals surface area contributed by atoms with E-state index in [4.69, 9.17) is 4.74 Å². The van der Waals surface area contributed by atoms with Crippen molar-refractivity contribution < 1.29 is 9.53 Å². The van der Waals surface area contributed by atoms with E-state index in [0.29, 0.717) is 31.5 Å². The van der Waals surface area contributed by atoms with Crippen LogP contribution in [0, 0.1) is 5.92 Å². The molecule has 0 amide bonds. The van der Waals surface area contributed by atoms with Gasteiger partial charge < -0.3 is 9.64 Å². The Morgan fingerprint density at radius 3 is 2.75 bits per heavy atom. The summed E-state index contributed by atoms with van der Waals surface area (Å²) in [5.74, 6) is 0.523. The summed E-state index contributed by atoms with van der Waals surface area (Å²) in [6.45, 7) is 2.15. The lowest BCUT2D eigenvalue weighted by atomic mass is 9.93. The van der Waals surface area contributed by atoms with Gasteiger partial charge in [-0.3, -0.25) is 4.79 Å². The molecule has 1 saturated heterocycles. The zero-order valence-electron chi connectivity index (χ0n) is 10.3. The van der Waals surface area contributed by atoms with Gasteiger partial charge in [-0.15, -0.1) is 0 Å². The molecule has 2 fully saturated rings. The molecule has 0 bridgehead atoms. The van der Waals surface area contributed by atoms with E-state index >= 15 is 0 Å². The van der Waals surface area contributed by atoms with E-state index in [-0.39, 0.29) is 5.92 Å². The van der Waals surface area contributed by atoms with Gasteiger partial charge in [0.1, 0.15) is 5.78 Å². The van der Waals surface area contributed by atoms with Crippen molar-refractivity contribution in [1.29, 1.82) is 0 Å². The highest BCUT2D eigenvalue weighted by atomic mass is 16.5. The first kappa shape index (κ1) is 12.1. The van der Waals surface area contributed by atoms with Gasteiger partial charge in [0.05, 0.1) is 19.1 Å². The van der Waals surface area contributed by atoms with Gasteiger partial charge in [-0.1, -0.05) is 19.3 Å². The molecule has 0 aromatic rings. The van der Waals surface area contributed by atoms with Crippen LogP contribution in [0.5, 0.6) is 0 Å². The lowest BCUT2D eigenvalue weighted by molar-refractivity contribution is -0.131. The summed E-state index contributed by atoms with van der Waals surface area (Å²) in [7, 11) is 2.16. The van der Waals surface area contributed by atoms with Crippen molar-refractivity contribution in [1.82, 2.24) is 4.90 Å². The van der Waals surface area contributed by atoms with Crippen LogP contribution in [0.1, 0.15) is 38.5 Å². The molecule has 0 N–H and O–H groups in total. The maximum atomic E-state index is 11.7. The average Bonchev–Trinajstić information content (AvgIpc) is 2.33. The van der Waals surface area contributed by atoms with Gasteiger partial charge in [0.25, 0.3) is 0 Å². The SMILES string of the molecule is CN(CC1COCCC1=O)C1CCCCC1. The van der Waals surface area contributed by atoms with E-state index in [1.807, 2.05) is 0 Å². The van der Waals surface area contributed by atoms with Crippen LogP contribution in [0.4, 0.5) is 0 Å². The van der Waals surface area contributed by atoms with Gasteiger partial charge in [0, 0.05) is 19.0 Å². The molecular formula is C13H23NO2. The van der Waals surface area contributed by atoms with Gasteiger partial charge in [-0.05, 0) is 19.9 Å². The summed E-state index contributed by atoms with van der Waals surface area (Å²) < 4.78 is 5.39. The zero-order valence-corrected chi connectivity index (χ0v) is 10.3. The molecule has 1 heterocycles. The molecule has 1 saturated carbocycles. The Balaban J connectivity index is 1.80. The van der Waals surface area contributed by atoms with E-state index in [0.717, 1.165) is 6.54 Å². The van der Waals surface area contributed by atoms with Gasteiger partial charge in [0.15, 0.2) is 0 Å².